The molecule has 1 aromatic rings. The molecule has 0 aliphatic rings. The van der Waals surface area contributed by atoms with Crippen molar-refractivity contribution in [3.8, 4) is 0 Å². The zero-order chi connectivity index (χ0) is 8.48. The predicted molar refractivity (Wildman–Crippen MR) is 46.5 cm³/mol. The van der Waals surface area contributed by atoms with Gasteiger partial charge in [-0.05, 0) is 6.92 Å². The molecule has 5 nitrogen and oxygen atoms in total. The third kappa shape index (κ3) is 2.47. The van der Waals surface area contributed by atoms with Gasteiger partial charge in [-0.25, -0.2) is 18.5 Å². The lowest BCUT2D eigenvalue weighted by Crippen LogP contribution is -2.12. The van der Waals surface area contributed by atoms with Gasteiger partial charge in [0.2, 0.25) is 0 Å². The van der Waals surface area contributed by atoms with Crippen molar-refractivity contribution in [3.63, 3.8) is 0 Å². The average molecular weight is 212 g/mol. The SMILES string of the molecule is CCn1cnc(S(N)(=O)=O)c1.Cl. The topological polar surface area (TPSA) is 78.0 Å². The zero-order valence-corrected chi connectivity index (χ0v) is 8.10. The minimum Gasteiger partial charge on any atom is -0.336 e. The van der Waals surface area contributed by atoms with Gasteiger partial charge in [0, 0.05) is 12.7 Å². The summed E-state index contributed by atoms with van der Waals surface area (Å²) in [5, 5.41) is 4.74. The number of aryl methyl sites for hydroxylation is 1. The molecule has 0 spiro atoms. The van der Waals surface area contributed by atoms with Crippen LogP contribution >= 0.6 is 12.4 Å². The zero-order valence-electron chi connectivity index (χ0n) is 6.47. The smallest absolute Gasteiger partial charge is 0.257 e. The van der Waals surface area contributed by atoms with E-state index in [1.165, 1.54) is 12.5 Å². The molecule has 0 fully saturated rings. The molecule has 0 bridgehead atoms. The van der Waals surface area contributed by atoms with Crippen LogP contribution in [0.3, 0.4) is 0 Å². The van der Waals surface area contributed by atoms with Gasteiger partial charge in [0.05, 0.1) is 6.33 Å². The highest BCUT2D eigenvalue weighted by molar-refractivity contribution is 7.89. The van der Waals surface area contributed by atoms with Gasteiger partial charge in [-0.1, -0.05) is 0 Å². The average Bonchev–Trinajstić information content (AvgIpc) is 2.32. The van der Waals surface area contributed by atoms with E-state index in [1.807, 2.05) is 6.92 Å². The van der Waals surface area contributed by atoms with Gasteiger partial charge in [-0.3, -0.25) is 0 Å². The number of halogens is 1. The molecule has 0 unspecified atom stereocenters. The lowest BCUT2D eigenvalue weighted by Gasteiger charge is -1.90. The second-order valence-electron chi connectivity index (χ2n) is 2.09. The molecule has 0 aromatic carbocycles. The van der Waals surface area contributed by atoms with Gasteiger partial charge in [-0.2, -0.15) is 0 Å². The molecule has 0 saturated carbocycles. The quantitative estimate of drug-likeness (QED) is 0.747. The van der Waals surface area contributed by atoms with Crippen LogP contribution in [-0.4, -0.2) is 18.0 Å². The molecule has 2 N–H and O–H groups in total. The van der Waals surface area contributed by atoms with Crippen LogP contribution in [0, 0.1) is 0 Å². The third-order valence-corrected chi connectivity index (χ3v) is 2.06. The molecule has 1 rings (SSSR count). The van der Waals surface area contributed by atoms with E-state index < -0.39 is 10.0 Å². The first-order valence-electron chi connectivity index (χ1n) is 3.08. The number of nitrogens with two attached hydrogens (primary N) is 1. The number of hydrogen-bond acceptors (Lipinski definition) is 3. The fourth-order valence-electron chi connectivity index (χ4n) is 0.659. The molecule has 0 atom stereocenters. The third-order valence-electron chi connectivity index (χ3n) is 1.27. The number of hydrogen-bond donors (Lipinski definition) is 1. The minimum absolute atomic E-state index is 0. The lowest BCUT2D eigenvalue weighted by molar-refractivity contribution is 0.594. The van der Waals surface area contributed by atoms with E-state index in [1.54, 1.807) is 4.57 Å². The van der Waals surface area contributed by atoms with Crippen molar-refractivity contribution in [1.82, 2.24) is 9.55 Å². The Morgan fingerprint density at radius 3 is 2.50 bits per heavy atom. The van der Waals surface area contributed by atoms with Crippen LogP contribution in [0.15, 0.2) is 17.6 Å². The van der Waals surface area contributed by atoms with Gasteiger partial charge in [-0.15, -0.1) is 12.4 Å². The highest BCUT2D eigenvalue weighted by Crippen LogP contribution is 2.00. The number of nitrogens with zero attached hydrogens (tertiary/aromatic N) is 2. The summed E-state index contributed by atoms with van der Waals surface area (Å²) in [5.41, 5.74) is 0. The van der Waals surface area contributed by atoms with Gasteiger partial charge in [0.1, 0.15) is 0 Å². The van der Waals surface area contributed by atoms with Crippen LogP contribution in [0.2, 0.25) is 0 Å². The van der Waals surface area contributed by atoms with Crippen LogP contribution < -0.4 is 5.14 Å². The van der Waals surface area contributed by atoms with Crippen molar-refractivity contribution in [2.24, 2.45) is 5.14 Å². The number of aromatic nitrogens is 2. The molecule has 12 heavy (non-hydrogen) atoms. The Morgan fingerprint density at radius 1 is 1.67 bits per heavy atom. The van der Waals surface area contributed by atoms with Crippen molar-refractivity contribution < 1.29 is 8.42 Å². The first-order chi connectivity index (χ1) is 5.04. The summed E-state index contributed by atoms with van der Waals surface area (Å²) in [6.07, 6.45) is 2.83. The molecular formula is C5H10ClN3O2S. The van der Waals surface area contributed by atoms with Gasteiger partial charge >= 0.3 is 0 Å². The summed E-state index contributed by atoms with van der Waals surface area (Å²) in [4.78, 5) is 3.61. The molecule has 1 aromatic heterocycles. The number of primary sulfonamides is 1. The second kappa shape index (κ2) is 3.88. The van der Waals surface area contributed by atoms with Gasteiger partial charge in [0.15, 0.2) is 5.03 Å². The maximum absolute atomic E-state index is 10.7. The van der Waals surface area contributed by atoms with E-state index >= 15 is 0 Å². The molecule has 0 aliphatic carbocycles. The second-order valence-corrected chi connectivity index (χ2v) is 3.60. The van der Waals surface area contributed by atoms with Crippen LogP contribution in [0.25, 0.3) is 0 Å². The summed E-state index contributed by atoms with van der Waals surface area (Å²) >= 11 is 0. The molecule has 70 valence electrons. The van der Waals surface area contributed by atoms with Crippen LogP contribution in [0.5, 0.6) is 0 Å². The van der Waals surface area contributed by atoms with Crippen LogP contribution in [0.1, 0.15) is 6.92 Å². The largest absolute Gasteiger partial charge is 0.336 e. The molecule has 0 amide bonds. The van der Waals surface area contributed by atoms with Crippen molar-refractivity contribution in [2.75, 3.05) is 0 Å². The lowest BCUT2D eigenvalue weighted by atomic mass is 10.7. The first-order valence-corrected chi connectivity index (χ1v) is 4.63. The molecule has 0 radical (unpaired) electrons. The predicted octanol–water partition coefficient (Wildman–Crippen LogP) is -0.0278. The van der Waals surface area contributed by atoms with Crippen molar-refractivity contribution in [2.45, 2.75) is 18.5 Å². The highest BCUT2D eigenvalue weighted by Gasteiger charge is 2.09. The molecular weight excluding hydrogens is 202 g/mol. The van der Waals surface area contributed by atoms with E-state index in [-0.39, 0.29) is 17.4 Å². The Hall–Kier alpha value is -0.590. The Morgan fingerprint density at radius 2 is 2.25 bits per heavy atom. The summed E-state index contributed by atoms with van der Waals surface area (Å²) in [6.45, 7) is 2.57. The summed E-state index contributed by atoms with van der Waals surface area (Å²) < 4.78 is 23.0. The van der Waals surface area contributed by atoms with E-state index in [0.29, 0.717) is 6.54 Å². The van der Waals surface area contributed by atoms with E-state index in [9.17, 15) is 8.42 Å². The Kier molecular flexibility index (Phi) is 3.69. The number of imidazole rings is 1. The molecule has 7 heteroatoms. The van der Waals surface area contributed by atoms with Gasteiger partial charge < -0.3 is 4.57 Å². The summed E-state index contributed by atoms with van der Waals surface area (Å²) in [5.74, 6) is 0. The first kappa shape index (κ1) is 11.4. The maximum Gasteiger partial charge on any atom is 0.257 e. The summed E-state index contributed by atoms with van der Waals surface area (Å²) in [7, 11) is -3.62. The highest BCUT2D eigenvalue weighted by atomic mass is 35.5. The standard InChI is InChI=1S/C5H9N3O2S.ClH/c1-2-8-3-5(7-4-8)11(6,9)10;/h3-4H,2H2,1H3,(H2,6,9,10);1H. The minimum atomic E-state index is -3.62. The number of rotatable bonds is 2. The van der Waals surface area contributed by atoms with Crippen LogP contribution in [-0.2, 0) is 16.6 Å². The van der Waals surface area contributed by atoms with E-state index in [2.05, 4.69) is 4.98 Å². The molecule has 0 saturated heterocycles. The monoisotopic (exact) mass is 211 g/mol. The van der Waals surface area contributed by atoms with Crippen molar-refractivity contribution in [3.05, 3.63) is 12.5 Å². The molecule has 1 heterocycles. The fraction of sp³-hybridized carbons (Fsp3) is 0.400. The van der Waals surface area contributed by atoms with Crippen LogP contribution in [0.4, 0.5) is 0 Å². The normalized spacial score (nSPS) is 10.8. The van der Waals surface area contributed by atoms with E-state index in [4.69, 9.17) is 5.14 Å². The van der Waals surface area contributed by atoms with E-state index in [0.717, 1.165) is 0 Å². The van der Waals surface area contributed by atoms with Crippen molar-refractivity contribution in [1.29, 1.82) is 0 Å². The Balaban J connectivity index is 0.00000121. The van der Waals surface area contributed by atoms with Gasteiger partial charge in [0.25, 0.3) is 10.0 Å². The summed E-state index contributed by atoms with van der Waals surface area (Å²) in [6, 6.07) is 0. The Labute approximate surface area is 77.1 Å². The molecule has 0 aliphatic heterocycles. The maximum atomic E-state index is 10.7. The van der Waals surface area contributed by atoms with Crippen molar-refractivity contribution >= 4 is 22.4 Å². The fourth-order valence-corrected chi connectivity index (χ4v) is 1.14. The number of sulfonamides is 1. The Bertz CT molecular complexity index is 345.